The first kappa shape index (κ1) is 17.4. The number of aromatic nitrogens is 2. The van der Waals surface area contributed by atoms with E-state index in [2.05, 4.69) is 20.6 Å². The monoisotopic (exact) mass is 358 g/mol. The highest BCUT2D eigenvalue weighted by Crippen LogP contribution is 2.20. The molecular weight excluding hydrogens is 345 g/mol. The van der Waals surface area contributed by atoms with Gasteiger partial charge in [0.25, 0.3) is 5.91 Å². The summed E-state index contributed by atoms with van der Waals surface area (Å²) >= 11 is 0. The van der Waals surface area contributed by atoms with Gasteiger partial charge < -0.3 is 10.6 Å². The van der Waals surface area contributed by atoms with Crippen LogP contribution < -0.4 is 10.6 Å². The van der Waals surface area contributed by atoms with Gasteiger partial charge in [0.2, 0.25) is 5.95 Å². The van der Waals surface area contributed by atoms with Gasteiger partial charge in [0.15, 0.2) is 17.5 Å². The minimum Gasteiger partial charge on any atom is -0.324 e. The van der Waals surface area contributed by atoms with Crippen LogP contribution in [-0.2, 0) is 0 Å². The lowest BCUT2D eigenvalue weighted by molar-refractivity contribution is 0.102. The number of nitrogens with zero attached hydrogens (tertiary/aromatic N) is 2. The number of rotatable bonds is 4. The molecular formula is C18H13F3N4O. The maximum atomic E-state index is 13.6. The minimum atomic E-state index is -1.66. The van der Waals surface area contributed by atoms with Crippen LogP contribution in [0.5, 0.6) is 0 Å². The van der Waals surface area contributed by atoms with E-state index >= 15 is 0 Å². The number of carbonyl (C=O) groups excluding carboxylic acids is 1. The van der Waals surface area contributed by atoms with Crippen molar-refractivity contribution < 1.29 is 18.0 Å². The number of nitrogens with one attached hydrogen (secondary N) is 2. The third kappa shape index (κ3) is 3.80. The van der Waals surface area contributed by atoms with Crippen LogP contribution in [0.2, 0.25) is 0 Å². The Hall–Kier alpha value is -3.42. The molecule has 0 radical (unpaired) electrons. The molecule has 2 N–H and O–H groups in total. The number of carbonyl (C=O) groups is 1. The molecule has 3 rings (SSSR count). The smallest absolute Gasteiger partial charge is 0.258 e. The third-order valence-electron chi connectivity index (χ3n) is 3.51. The first-order valence-electron chi connectivity index (χ1n) is 7.54. The number of benzene rings is 2. The maximum Gasteiger partial charge on any atom is 0.258 e. The predicted octanol–water partition coefficient (Wildman–Crippen LogP) is 4.20. The fraction of sp³-hybridized carbons (Fsp3) is 0.0556. The number of halogens is 3. The zero-order valence-corrected chi connectivity index (χ0v) is 13.6. The van der Waals surface area contributed by atoms with Crippen LogP contribution in [-0.4, -0.2) is 15.9 Å². The highest BCUT2D eigenvalue weighted by molar-refractivity contribution is 6.04. The summed E-state index contributed by atoms with van der Waals surface area (Å²) in [6.45, 7) is 1.96. The Morgan fingerprint density at radius 1 is 0.923 bits per heavy atom. The van der Waals surface area contributed by atoms with Crippen molar-refractivity contribution in [1.82, 2.24) is 9.97 Å². The average molecular weight is 358 g/mol. The highest BCUT2D eigenvalue weighted by atomic mass is 19.2. The van der Waals surface area contributed by atoms with E-state index in [4.69, 9.17) is 0 Å². The lowest BCUT2D eigenvalue weighted by atomic mass is 10.2. The Bertz CT molecular complexity index is 944. The molecule has 0 saturated heterocycles. The standard InChI is InChI=1S/C18H13F3N4O/c1-10-2-4-12(5-3-10)24-18-22-8-11(9-23-18)17(26)25-14-7-6-13(19)15(20)16(14)21/h2-9H,1H3,(H,25,26)(H,22,23,24). The van der Waals surface area contributed by atoms with Gasteiger partial charge in [0.05, 0.1) is 11.3 Å². The molecule has 132 valence electrons. The molecule has 0 spiro atoms. The summed E-state index contributed by atoms with van der Waals surface area (Å²) in [6.07, 6.45) is 2.47. The second-order valence-electron chi connectivity index (χ2n) is 5.46. The molecule has 0 aliphatic rings. The van der Waals surface area contributed by atoms with Gasteiger partial charge in [0, 0.05) is 18.1 Å². The minimum absolute atomic E-state index is 0.0311. The van der Waals surface area contributed by atoms with Gasteiger partial charge in [-0.2, -0.15) is 0 Å². The number of hydrogen-bond acceptors (Lipinski definition) is 4. The number of aryl methyl sites for hydroxylation is 1. The van der Waals surface area contributed by atoms with E-state index in [9.17, 15) is 18.0 Å². The van der Waals surface area contributed by atoms with Crippen molar-refractivity contribution in [2.45, 2.75) is 6.92 Å². The van der Waals surface area contributed by atoms with E-state index < -0.39 is 29.0 Å². The normalized spacial score (nSPS) is 10.5. The summed E-state index contributed by atoms with van der Waals surface area (Å²) in [6, 6.07) is 9.19. The fourth-order valence-electron chi connectivity index (χ4n) is 2.09. The van der Waals surface area contributed by atoms with E-state index in [0.29, 0.717) is 0 Å². The molecule has 0 aliphatic heterocycles. The Balaban J connectivity index is 1.71. The summed E-state index contributed by atoms with van der Waals surface area (Å²) in [7, 11) is 0. The number of hydrogen-bond donors (Lipinski definition) is 2. The van der Waals surface area contributed by atoms with Gasteiger partial charge in [-0.25, -0.2) is 23.1 Å². The molecule has 0 aliphatic carbocycles. The van der Waals surface area contributed by atoms with Gasteiger partial charge in [-0.05, 0) is 31.2 Å². The lowest BCUT2D eigenvalue weighted by Gasteiger charge is -2.08. The van der Waals surface area contributed by atoms with Crippen molar-refractivity contribution >= 4 is 23.2 Å². The van der Waals surface area contributed by atoms with E-state index in [0.717, 1.165) is 23.4 Å². The van der Waals surface area contributed by atoms with Crippen molar-refractivity contribution in [3.63, 3.8) is 0 Å². The van der Waals surface area contributed by atoms with Crippen LogP contribution in [0.1, 0.15) is 15.9 Å². The second-order valence-corrected chi connectivity index (χ2v) is 5.46. The summed E-state index contributed by atoms with van der Waals surface area (Å²) in [5.41, 5.74) is 1.43. The first-order valence-corrected chi connectivity index (χ1v) is 7.54. The van der Waals surface area contributed by atoms with Crippen molar-refractivity contribution in [3.05, 3.63) is 77.4 Å². The van der Waals surface area contributed by atoms with Gasteiger partial charge in [-0.15, -0.1) is 0 Å². The largest absolute Gasteiger partial charge is 0.324 e. The van der Waals surface area contributed by atoms with Crippen molar-refractivity contribution in [1.29, 1.82) is 0 Å². The molecule has 0 saturated carbocycles. The Morgan fingerprint density at radius 3 is 2.23 bits per heavy atom. The highest BCUT2D eigenvalue weighted by Gasteiger charge is 2.16. The van der Waals surface area contributed by atoms with E-state index in [1.807, 2.05) is 31.2 Å². The summed E-state index contributed by atoms with van der Waals surface area (Å²) in [4.78, 5) is 20.1. The fourth-order valence-corrected chi connectivity index (χ4v) is 2.09. The summed E-state index contributed by atoms with van der Waals surface area (Å²) in [5, 5.41) is 5.11. The van der Waals surface area contributed by atoms with Gasteiger partial charge in [-0.1, -0.05) is 17.7 Å². The van der Waals surface area contributed by atoms with E-state index in [-0.39, 0.29) is 11.5 Å². The van der Waals surface area contributed by atoms with Crippen molar-refractivity contribution in [2.75, 3.05) is 10.6 Å². The van der Waals surface area contributed by atoms with Gasteiger partial charge >= 0.3 is 0 Å². The summed E-state index contributed by atoms with van der Waals surface area (Å²) in [5.74, 6) is -4.95. The van der Waals surface area contributed by atoms with Crippen LogP contribution in [0.25, 0.3) is 0 Å². The zero-order chi connectivity index (χ0) is 18.7. The van der Waals surface area contributed by atoms with Gasteiger partial charge in [0.1, 0.15) is 0 Å². The Labute approximate surface area is 146 Å². The molecule has 2 aromatic carbocycles. The summed E-state index contributed by atoms with van der Waals surface area (Å²) < 4.78 is 39.7. The SMILES string of the molecule is Cc1ccc(Nc2ncc(C(=O)Nc3ccc(F)c(F)c3F)cn2)cc1. The first-order chi connectivity index (χ1) is 12.4. The Morgan fingerprint density at radius 2 is 1.58 bits per heavy atom. The van der Waals surface area contributed by atoms with Crippen LogP contribution in [0.15, 0.2) is 48.8 Å². The topological polar surface area (TPSA) is 66.9 Å². The predicted molar refractivity (Wildman–Crippen MR) is 90.8 cm³/mol. The van der Waals surface area contributed by atoms with Crippen molar-refractivity contribution in [2.24, 2.45) is 0 Å². The van der Waals surface area contributed by atoms with E-state index in [1.54, 1.807) is 0 Å². The zero-order valence-electron chi connectivity index (χ0n) is 13.6. The quantitative estimate of drug-likeness (QED) is 0.686. The molecule has 8 heteroatoms. The number of anilines is 3. The van der Waals surface area contributed by atoms with Crippen LogP contribution in [0, 0.1) is 24.4 Å². The second kappa shape index (κ2) is 7.22. The van der Waals surface area contributed by atoms with Crippen LogP contribution in [0.4, 0.5) is 30.5 Å². The molecule has 1 heterocycles. The van der Waals surface area contributed by atoms with Crippen molar-refractivity contribution in [3.8, 4) is 0 Å². The lowest BCUT2D eigenvalue weighted by Crippen LogP contribution is -2.15. The molecule has 0 fully saturated rings. The third-order valence-corrected chi connectivity index (χ3v) is 3.51. The molecule has 3 aromatic rings. The molecule has 0 atom stereocenters. The Kier molecular flexibility index (Phi) is 4.83. The molecule has 1 amide bonds. The number of amides is 1. The van der Waals surface area contributed by atoms with Gasteiger partial charge in [-0.3, -0.25) is 4.79 Å². The van der Waals surface area contributed by atoms with Crippen LogP contribution in [0.3, 0.4) is 0 Å². The average Bonchev–Trinajstić information content (AvgIpc) is 2.64. The molecule has 26 heavy (non-hydrogen) atoms. The molecule has 0 bridgehead atoms. The molecule has 0 unspecified atom stereocenters. The maximum absolute atomic E-state index is 13.6. The molecule has 1 aromatic heterocycles. The van der Waals surface area contributed by atoms with E-state index in [1.165, 1.54) is 12.4 Å². The molecule has 5 nitrogen and oxygen atoms in total. The van der Waals surface area contributed by atoms with Crippen LogP contribution >= 0.6 is 0 Å².